The van der Waals surface area contributed by atoms with Crippen LogP contribution in [0.15, 0.2) is 0 Å². The van der Waals surface area contributed by atoms with Crippen molar-refractivity contribution in [2.24, 2.45) is 0 Å². The van der Waals surface area contributed by atoms with E-state index in [0.717, 1.165) is 20.3 Å². The highest BCUT2D eigenvalue weighted by molar-refractivity contribution is 4.43. The number of ether oxygens (including phenoxy) is 1. The van der Waals surface area contributed by atoms with Crippen molar-refractivity contribution in [3.63, 3.8) is 0 Å². The summed E-state index contributed by atoms with van der Waals surface area (Å²) < 4.78 is 4.94. The van der Waals surface area contributed by atoms with Crippen molar-refractivity contribution in [2.45, 2.75) is 12.8 Å². The molecule has 0 bridgehead atoms. The van der Waals surface area contributed by atoms with E-state index in [9.17, 15) is 0 Å². The first-order valence-corrected chi connectivity index (χ1v) is 2.52. The zero-order chi connectivity index (χ0) is 5.54. The zero-order valence-electron chi connectivity index (χ0n) is 4.68. The topological polar surface area (TPSA) is 29.5 Å². The van der Waals surface area contributed by atoms with Gasteiger partial charge in [-0.25, -0.2) is 0 Å². The Bertz CT molecular complexity index is 17.7. The fourth-order valence-corrected chi connectivity index (χ4v) is 0.510. The van der Waals surface area contributed by atoms with E-state index in [1.807, 2.05) is 0 Å². The third-order valence-electron chi connectivity index (χ3n) is 0.827. The molecule has 1 aliphatic rings. The predicted molar refractivity (Wildman–Crippen MR) is 28.2 cm³/mol. The summed E-state index contributed by atoms with van der Waals surface area (Å²) in [6, 6.07) is 0. The fourth-order valence-electron chi connectivity index (χ4n) is 0.510. The van der Waals surface area contributed by atoms with Gasteiger partial charge in [0.1, 0.15) is 0 Å². The molecule has 0 aromatic heterocycles. The van der Waals surface area contributed by atoms with E-state index >= 15 is 0 Å². The van der Waals surface area contributed by atoms with E-state index in [1.54, 1.807) is 0 Å². The maximum absolute atomic E-state index is 7.00. The minimum atomic E-state index is 1.00. The molecule has 2 nitrogen and oxygen atoms in total. The van der Waals surface area contributed by atoms with E-state index in [0.29, 0.717) is 0 Å². The number of aliphatic hydroxyl groups is 1. The molecule has 44 valence electrons. The quantitative estimate of drug-likeness (QED) is 0.482. The largest absolute Gasteiger partial charge is 0.400 e. The number of aliphatic hydroxyl groups excluding tert-OH is 1. The van der Waals surface area contributed by atoms with Crippen LogP contribution in [0.3, 0.4) is 0 Å². The van der Waals surface area contributed by atoms with E-state index in [2.05, 4.69) is 0 Å². The molecule has 0 spiro atoms. The van der Waals surface area contributed by atoms with Crippen molar-refractivity contribution in [3.8, 4) is 0 Å². The summed E-state index contributed by atoms with van der Waals surface area (Å²) >= 11 is 0. The van der Waals surface area contributed by atoms with Crippen LogP contribution in [-0.2, 0) is 4.74 Å². The van der Waals surface area contributed by atoms with Gasteiger partial charge in [-0.2, -0.15) is 0 Å². The normalized spacial score (nSPS) is 18.0. The van der Waals surface area contributed by atoms with Crippen LogP contribution in [0, 0.1) is 0 Å². The van der Waals surface area contributed by atoms with Crippen molar-refractivity contribution in [1.82, 2.24) is 0 Å². The van der Waals surface area contributed by atoms with Crippen LogP contribution in [0.4, 0.5) is 0 Å². The van der Waals surface area contributed by atoms with Gasteiger partial charge in [0.25, 0.3) is 0 Å². The van der Waals surface area contributed by atoms with Gasteiger partial charge in [0.15, 0.2) is 0 Å². The minimum Gasteiger partial charge on any atom is -0.400 e. The third-order valence-corrected chi connectivity index (χ3v) is 0.827. The predicted octanol–water partition coefficient (Wildman–Crippen LogP) is 0.405. The van der Waals surface area contributed by atoms with Crippen LogP contribution < -0.4 is 0 Å². The van der Waals surface area contributed by atoms with E-state index in [4.69, 9.17) is 9.84 Å². The molecule has 0 radical (unpaired) electrons. The summed E-state index contributed by atoms with van der Waals surface area (Å²) in [6.07, 6.45) is 2.56. The standard InChI is InChI=1S/C4H8O.CH4O/c1-2-4-5-3-1;1-2/h1-4H2;2H,1H3. The Balaban J connectivity index is 0.000000162. The highest BCUT2D eigenvalue weighted by Crippen LogP contribution is 1.98. The lowest BCUT2D eigenvalue weighted by Crippen LogP contribution is -1.74. The van der Waals surface area contributed by atoms with Crippen molar-refractivity contribution in [3.05, 3.63) is 0 Å². The third kappa shape index (κ3) is 3.76. The lowest BCUT2D eigenvalue weighted by Gasteiger charge is -1.76. The average molecular weight is 104 g/mol. The van der Waals surface area contributed by atoms with Gasteiger partial charge < -0.3 is 9.84 Å². The Kier molecular flexibility index (Phi) is 5.85. The second-order valence-electron chi connectivity index (χ2n) is 1.32. The summed E-state index contributed by atoms with van der Waals surface area (Å²) in [5.41, 5.74) is 0. The van der Waals surface area contributed by atoms with Gasteiger partial charge in [0.2, 0.25) is 0 Å². The highest BCUT2D eigenvalue weighted by Gasteiger charge is 1.94. The Morgan fingerprint density at radius 1 is 1.14 bits per heavy atom. The molecule has 1 fully saturated rings. The number of hydrogen-bond acceptors (Lipinski definition) is 2. The second-order valence-corrected chi connectivity index (χ2v) is 1.32. The monoisotopic (exact) mass is 104 g/mol. The van der Waals surface area contributed by atoms with Gasteiger partial charge >= 0.3 is 0 Å². The van der Waals surface area contributed by atoms with Crippen LogP contribution >= 0.6 is 0 Å². The van der Waals surface area contributed by atoms with Crippen molar-refractivity contribution in [2.75, 3.05) is 20.3 Å². The highest BCUT2D eigenvalue weighted by atomic mass is 16.5. The molecule has 0 amide bonds. The van der Waals surface area contributed by atoms with Gasteiger partial charge in [-0.1, -0.05) is 0 Å². The van der Waals surface area contributed by atoms with Crippen molar-refractivity contribution < 1.29 is 9.84 Å². The maximum Gasteiger partial charge on any atom is 0.0466 e. The summed E-state index contributed by atoms with van der Waals surface area (Å²) in [5.74, 6) is 0. The Morgan fingerprint density at radius 2 is 1.57 bits per heavy atom. The smallest absolute Gasteiger partial charge is 0.0466 e. The molecular weight excluding hydrogens is 92.1 g/mol. The number of hydrogen-bond donors (Lipinski definition) is 1. The van der Waals surface area contributed by atoms with Crippen LogP contribution in [0.1, 0.15) is 12.8 Å². The molecule has 0 unspecified atom stereocenters. The summed E-state index contributed by atoms with van der Waals surface area (Å²) in [7, 11) is 1.00. The first-order chi connectivity index (χ1) is 3.50. The molecule has 0 aliphatic carbocycles. The van der Waals surface area contributed by atoms with Crippen LogP contribution in [0.5, 0.6) is 0 Å². The summed E-state index contributed by atoms with van der Waals surface area (Å²) in [5, 5.41) is 7.00. The van der Waals surface area contributed by atoms with Gasteiger partial charge in [0.05, 0.1) is 0 Å². The lowest BCUT2D eigenvalue weighted by molar-refractivity contribution is 0.198. The molecule has 1 heterocycles. The first-order valence-electron chi connectivity index (χ1n) is 2.52. The molecule has 1 aliphatic heterocycles. The van der Waals surface area contributed by atoms with E-state index in [-0.39, 0.29) is 0 Å². The van der Waals surface area contributed by atoms with E-state index < -0.39 is 0 Å². The maximum atomic E-state index is 7.00. The molecule has 1 saturated heterocycles. The molecule has 0 aromatic carbocycles. The summed E-state index contributed by atoms with van der Waals surface area (Å²) in [6.45, 7) is 2.00. The second kappa shape index (κ2) is 5.92. The first kappa shape index (κ1) is 6.92. The molecule has 0 aromatic rings. The fraction of sp³-hybridized carbons (Fsp3) is 1.00. The molecule has 0 atom stereocenters. The molecule has 1 rings (SSSR count). The summed E-state index contributed by atoms with van der Waals surface area (Å²) in [4.78, 5) is 0. The van der Waals surface area contributed by atoms with Crippen molar-refractivity contribution >= 4 is 0 Å². The van der Waals surface area contributed by atoms with Crippen LogP contribution in [0.2, 0.25) is 0 Å². The lowest BCUT2D eigenvalue weighted by atomic mass is 10.4. The Morgan fingerprint density at radius 3 is 1.71 bits per heavy atom. The zero-order valence-corrected chi connectivity index (χ0v) is 4.68. The Labute approximate surface area is 44.1 Å². The average Bonchev–Trinajstić information content (AvgIpc) is 2.23. The van der Waals surface area contributed by atoms with E-state index in [1.165, 1.54) is 12.8 Å². The molecule has 2 heteroatoms. The number of rotatable bonds is 0. The Hall–Kier alpha value is -0.0800. The van der Waals surface area contributed by atoms with Gasteiger partial charge in [-0.05, 0) is 12.8 Å². The minimum absolute atomic E-state index is 1.00. The van der Waals surface area contributed by atoms with Gasteiger partial charge in [0, 0.05) is 20.3 Å². The van der Waals surface area contributed by atoms with Crippen LogP contribution in [0.25, 0.3) is 0 Å². The van der Waals surface area contributed by atoms with Crippen LogP contribution in [-0.4, -0.2) is 25.4 Å². The van der Waals surface area contributed by atoms with Gasteiger partial charge in [-0.3, -0.25) is 0 Å². The molecule has 0 saturated carbocycles. The molecule has 7 heavy (non-hydrogen) atoms. The van der Waals surface area contributed by atoms with Crippen molar-refractivity contribution in [1.29, 1.82) is 0 Å². The molecular formula is C5H12O2. The van der Waals surface area contributed by atoms with Gasteiger partial charge in [-0.15, -0.1) is 0 Å². The SMILES string of the molecule is C1CCOC1.CO. The molecule has 1 N–H and O–H groups in total.